The summed E-state index contributed by atoms with van der Waals surface area (Å²) in [5.74, 6) is 4.68. The summed E-state index contributed by atoms with van der Waals surface area (Å²) in [6.45, 7) is 0.583. The molecule has 0 aromatic rings. The molecule has 0 saturated heterocycles. The largest absolute Gasteiger partial charge is 0.459 e. The molecule has 1 N–H and O–H groups in total. The lowest BCUT2D eigenvalue weighted by Gasteiger charge is -2.21. The van der Waals surface area contributed by atoms with Gasteiger partial charge in [-0.1, -0.05) is 25.2 Å². The van der Waals surface area contributed by atoms with Crippen LogP contribution in [0.2, 0.25) is 0 Å². The molecule has 0 bridgehead atoms. The molecular formula is C11H17NO2. The molecule has 1 aliphatic rings. The van der Waals surface area contributed by atoms with Crippen molar-refractivity contribution in [3.8, 4) is 11.8 Å². The minimum atomic E-state index is -0.463. The van der Waals surface area contributed by atoms with Gasteiger partial charge in [-0.2, -0.15) is 0 Å². The van der Waals surface area contributed by atoms with Gasteiger partial charge in [-0.3, -0.25) is 0 Å². The number of rotatable bonds is 2. The molecule has 0 aromatic carbocycles. The molecule has 78 valence electrons. The number of nitrogens with one attached hydrogen (secondary N) is 1. The summed E-state index contributed by atoms with van der Waals surface area (Å²) in [7, 11) is 1.34. The lowest BCUT2D eigenvalue weighted by atomic mass is 9.96. The molecule has 3 nitrogen and oxygen atoms in total. The van der Waals surface area contributed by atoms with Crippen LogP contribution >= 0.6 is 0 Å². The maximum absolute atomic E-state index is 10.6. The van der Waals surface area contributed by atoms with Crippen LogP contribution in [0.3, 0.4) is 0 Å². The summed E-state index contributed by atoms with van der Waals surface area (Å²) in [5, 5.41) is 3.32. The van der Waals surface area contributed by atoms with Gasteiger partial charge in [-0.15, -0.1) is 0 Å². The quantitative estimate of drug-likeness (QED) is 0.407. The van der Waals surface area contributed by atoms with Crippen LogP contribution in [0, 0.1) is 11.8 Å². The average Bonchev–Trinajstić information content (AvgIpc) is 2.25. The van der Waals surface area contributed by atoms with E-state index < -0.39 is 5.97 Å². The van der Waals surface area contributed by atoms with Gasteiger partial charge in [0.2, 0.25) is 0 Å². The highest BCUT2D eigenvalue weighted by Crippen LogP contribution is 2.16. The van der Waals surface area contributed by atoms with E-state index in [4.69, 9.17) is 0 Å². The highest BCUT2D eigenvalue weighted by atomic mass is 16.5. The Morgan fingerprint density at radius 3 is 2.79 bits per heavy atom. The second kappa shape index (κ2) is 6.44. The Morgan fingerprint density at radius 1 is 1.43 bits per heavy atom. The maximum atomic E-state index is 10.6. The lowest BCUT2D eigenvalue weighted by molar-refractivity contribution is -0.133. The molecule has 0 aromatic heterocycles. The molecule has 0 spiro atoms. The zero-order valence-corrected chi connectivity index (χ0v) is 8.64. The zero-order valence-electron chi connectivity index (χ0n) is 8.64. The number of hydrogen-bond donors (Lipinski definition) is 1. The van der Waals surface area contributed by atoms with E-state index >= 15 is 0 Å². The van der Waals surface area contributed by atoms with Crippen molar-refractivity contribution in [3.05, 3.63) is 0 Å². The first-order valence-corrected chi connectivity index (χ1v) is 5.13. The number of carbonyl (C=O) groups excluding carboxylic acids is 1. The third-order valence-corrected chi connectivity index (χ3v) is 2.46. The number of hydrogen-bond acceptors (Lipinski definition) is 3. The highest BCUT2D eigenvalue weighted by molar-refractivity contribution is 5.88. The van der Waals surface area contributed by atoms with Crippen molar-refractivity contribution in [1.82, 2.24) is 5.32 Å². The first kappa shape index (κ1) is 11.1. The highest BCUT2D eigenvalue weighted by Gasteiger charge is 2.11. The van der Waals surface area contributed by atoms with Crippen LogP contribution in [-0.2, 0) is 9.53 Å². The van der Waals surface area contributed by atoms with Crippen molar-refractivity contribution in [2.24, 2.45) is 0 Å². The number of esters is 1. The Labute approximate surface area is 85.2 Å². The van der Waals surface area contributed by atoms with Gasteiger partial charge in [-0.25, -0.2) is 4.79 Å². The number of methoxy groups -OCH3 is 1. The fourth-order valence-corrected chi connectivity index (χ4v) is 1.67. The Kier molecular flexibility index (Phi) is 5.09. The molecule has 0 heterocycles. The molecular weight excluding hydrogens is 178 g/mol. The minimum Gasteiger partial charge on any atom is -0.459 e. The van der Waals surface area contributed by atoms with E-state index in [1.807, 2.05) is 0 Å². The SMILES string of the molecule is COC(=O)C#CCNC1CCCCC1. The second-order valence-corrected chi connectivity index (χ2v) is 3.51. The molecule has 1 aliphatic carbocycles. The van der Waals surface area contributed by atoms with Crippen LogP contribution in [0.1, 0.15) is 32.1 Å². The topological polar surface area (TPSA) is 38.3 Å². The molecule has 1 saturated carbocycles. The van der Waals surface area contributed by atoms with Crippen LogP contribution in [0.5, 0.6) is 0 Å². The van der Waals surface area contributed by atoms with E-state index in [1.165, 1.54) is 39.2 Å². The van der Waals surface area contributed by atoms with Crippen molar-refractivity contribution in [2.45, 2.75) is 38.1 Å². The monoisotopic (exact) mass is 195 g/mol. The summed E-state index contributed by atoms with van der Waals surface area (Å²) < 4.78 is 4.40. The lowest BCUT2D eigenvalue weighted by Crippen LogP contribution is -2.31. The summed E-state index contributed by atoms with van der Waals surface area (Å²) in [4.78, 5) is 10.6. The minimum absolute atomic E-state index is 0.463. The normalized spacial score (nSPS) is 16.9. The van der Waals surface area contributed by atoms with Crippen LogP contribution in [0.15, 0.2) is 0 Å². The van der Waals surface area contributed by atoms with Crippen molar-refractivity contribution < 1.29 is 9.53 Å². The standard InChI is InChI=1S/C11H17NO2/c1-14-11(13)8-5-9-12-10-6-3-2-4-7-10/h10,12H,2-4,6-7,9H2,1H3. The van der Waals surface area contributed by atoms with Gasteiger partial charge in [0.25, 0.3) is 0 Å². The van der Waals surface area contributed by atoms with E-state index in [-0.39, 0.29) is 0 Å². The van der Waals surface area contributed by atoms with Crippen LogP contribution in [0.4, 0.5) is 0 Å². The molecule has 3 heteroatoms. The molecule has 14 heavy (non-hydrogen) atoms. The van der Waals surface area contributed by atoms with Crippen LogP contribution in [0.25, 0.3) is 0 Å². The Balaban J connectivity index is 2.12. The maximum Gasteiger partial charge on any atom is 0.384 e. The summed E-state index contributed by atoms with van der Waals surface area (Å²) in [5.41, 5.74) is 0. The number of carbonyl (C=O) groups is 1. The Morgan fingerprint density at radius 2 is 2.14 bits per heavy atom. The molecule has 0 amide bonds. The average molecular weight is 195 g/mol. The third kappa shape index (κ3) is 4.29. The van der Waals surface area contributed by atoms with E-state index in [0.29, 0.717) is 12.6 Å². The van der Waals surface area contributed by atoms with E-state index in [9.17, 15) is 4.79 Å². The van der Waals surface area contributed by atoms with Gasteiger partial charge >= 0.3 is 5.97 Å². The second-order valence-electron chi connectivity index (χ2n) is 3.51. The van der Waals surface area contributed by atoms with Crippen LogP contribution in [-0.4, -0.2) is 25.7 Å². The molecule has 0 atom stereocenters. The Bertz CT molecular complexity index is 233. The summed E-state index contributed by atoms with van der Waals surface area (Å²) in [6.07, 6.45) is 6.44. The van der Waals surface area contributed by atoms with Crippen molar-refractivity contribution in [1.29, 1.82) is 0 Å². The van der Waals surface area contributed by atoms with Crippen molar-refractivity contribution >= 4 is 5.97 Å². The van der Waals surface area contributed by atoms with E-state index in [2.05, 4.69) is 21.9 Å². The smallest absolute Gasteiger partial charge is 0.384 e. The third-order valence-electron chi connectivity index (χ3n) is 2.46. The van der Waals surface area contributed by atoms with E-state index in [1.54, 1.807) is 0 Å². The summed E-state index contributed by atoms with van der Waals surface area (Å²) in [6, 6.07) is 0.593. The molecule has 0 unspecified atom stereocenters. The van der Waals surface area contributed by atoms with Crippen molar-refractivity contribution in [3.63, 3.8) is 0 Å². The van der Waals surface area contributed by atoms with Gasteiger partial charge in [0, 0.05) is 12.0 Å². The first-order chi connectivity index (χ1) is 6.83. The van der Waals surface area contributed by atoms with Crippen molar-refractivity contribution in [2.75, 3.05) is 13.7 Å². The Hall–Kier alpha value is -1.01. The molecule has 0 aliphatic heterocycles. The van der Waals surface area contributed by atoms with Gasteiger partial charge < -0.3 is 10.1 Å². The molecule has 1 fully saturated rings. The van der Waals surface area contributed by atoms with E-state index in [0.717, 1.165) is 0 Å². The van der Waals surface area contributed by atoms with Crippen LogP contribution < -0.4 is 5.32 Å². The van der Waals surface area contributed by atoms with Gasteiger partial charge in [0.05, 0.1) is 13.7 Å². The first-order valence-electron chi connectivity index (χ1n) is 5.13. The fraction of sp³-hybridized carbons (Fsp3) is 0.727. The van der Waals surface area contributed by atoms with Gasteiger partial charge in [-0.05, 0) is 12.8 Å². The molecule has 0 radical (unpaired) electrons. The molecule has 1 rings (SSSR count). The summed E-state index contributed by atoms with van der Waals surface area (Å²) >= 11 is 0. The predicted molar refractivity (Wildman–Crippen MR) is 54.7 cm³/mol. The zero-order chi connectivity index (χ0) is 10.2. The number of ether oxygens (including phenoxy) is 1. The van der Waals surface area contributed by atoms with Gasteiger partial charge in [0.1, 0.15) is 0 Å². The predicted octanol–water partition coefficient (Wildman–Crippen LogP) is 1.09. The van der Waals surface area contributed by atoms with Gasteiger partial charge in [0.15, 0.2) is 0 Å². The fourth-order valence-electron chi connectivity index (χ4n) is 1.67.